The maximum atomic E-state index is 2.29. The molecule has 6 aromatic carbocycles. The van der Waals surface area contributed by atoms with Gasteiger partial charge in [0, 0.05) is 0 Å². The smallest absolute Gasteiger partial charge is 0.00204 e. The summed E-state index contributed by atoms with van der Waals surface area (Å²) in [6, 6.07) is 43.8. The molecular formula is C30H20. The van der Waals surface area contributed by atoms with Crippen molar-refractivity contribution in [1.82, 2.24) is 0 Å². The van der Waals surface area contributed by atoms with Gasteiger partial charge in [0.2, 0.25) is 0 Å². The van der Waals surface area contributed by atoms with Gasteiger partial charge >= 0.3 is 0 Å². The zero-order valence-electron chi connectivity index (χ0n) is 16.5. The first-order chi connectivity index (χ1) is 14.9. The van der Waals surface area contributed by atoms with E-state index in [0.29, 0.717) is 0 Å². The Morgan fingerprint density at radius 3 is 1.77 bits per heavy atom. The zero-order valence-corrected chi connectivity index (χ0v) is 16.5. The summed E-state index contributed by atoms with van der Waals surface area (Å²) in [5.41, 5.74) is 5.11. The van der Waals surface area contributed by atoms with Crippen molar-refractivity contribution in [3.63, 3.8) is 0 Å². The van der Waals surface area contributed by atoms with Crippen LogP contribution in [0.5, 0.6) is 0 Å². The quantitative estimate of drug-likeness (QED) is 0.264. The third-order valence-electron chi connectivity index (χ3n) is 6.07. The van der Waals surface area contributed by atoms with Crippen LogP contribution in [-0.2, 0) is 0 Å². The van der Waals surface area contributed by atoms with Gasteiger partial charge in [-0.15, -0.1) is 0 Å². The van der Waals surface area contributed by atoms with Gasteiger partial charge in [-0.3, -0.25) is 0 Å². The predicted octanol–water partition coefficient (Wildman–Crippen LogP) is 8.48. The van der Waals surface area contributed by atoms with E-state index in [2.05, 4.69) is 121 Å². The van der Waals surface area contributed by atoms with Gasteiger partial charge in [0.1, 0.15) is 0 Å². The lowest BCUT2D eigenvalue weighted by atomic mass is 9.86. The van der Waals surface area contributed by atoms with Gasteiger partial charge in [-0.2, -0.15) is 0 Å². The maximum Gasteiger partial charge on any atom is -0.00204 e. The summed E-state index contributed by atoms with van der Waals surface area (Å²) in [6.45, 7) is 0. The summed E-state index contributed by atoms with van der Waals surface area (Å²) in [4.78, 5) is 0. The van der Waals surface area contributed by atoms with E-state index >= 15 is 0 Å². The molecule has 0 nitrogen and oxygen atoms in total. The molecule has 0 unspecified atom stereocenters. The molecule has 140 valence electrons. The molecule has 0 aliphatic rings. The van der Waals surface area contributed by atoms with E-state index in [4.69, 9.17) is 0 Å². The largest absolute Gasteiger partial charge is 0.0622 e. The fraction of sp³-hybridized carbons (Fsp3) is 0. The Kier molecular flexibility index (Phi) is 3.89. The van der Waals surface area contributed by atoms with Crippen molar-refractivity contribution in [3.8, 4) is 22.3 Å². The van der Waals surface area contributed by atoms with E-state index < -0.39 is 0 Å². The molecule has 0 fully saturated rings. The van der Waals surface area contributed by atoms with Gasteiger partial charge in [-0.05, 0) is 54.6 Å². The Morgan fingerprint density at radius 2 is 0.933 bits per heavy atom. The molecule has 0 spiro atoms. The van der Waals surface area contributed by atoms with Crippen molar-refractivity contribution in [2.45, 2.75) is 0 Å². The molecule has 0 aliphatic carbocycles. The lowest BCUT2D eigenvalue weighted by Gasteiger charge is -2.17. The Balaban J connectivity index is 1.80. The number of hydrogen-bond acceptors (Lipinski definition) is 0. The molecule has 0 atom stereocenters. The van der Waals surface area contributed by atoms with Crippen LogP contribution in [-0.4, -0.2) is 0 Å². The molecule has 0 bridgehead atoms. The molecule has 0 saturated carbocycles. The van der Waals surface area contributed by atoms with E-state index in [1.165, 1.54) is 54.6 Å². The van der Waals surface area contributed by atoms with Gasteiger partial charge in [0.05, 0.1) is 0 Å². The highest BCUT2D eigenvalue weighted by atomic mass is 14.2. The van der Waals surface area contributed by atoms with Crippen LogP contribution in [0.1, 0.15) is 0 Å². The highest BCUT2D eigenvalue weighted by Crippen LogP contribution is 2.42. The van der Waals surface area contributed by atoms with E-state index in [-0.39, 0.29) is 0 Å². The van der Waals surface area contributed by atoms with Gasteiger partial charge in [-0.25, -0.2) is 0 Å². The average Bonchev–Trinajstić information content (AvgIpc) is 2.83. The second-order valence-corrected chi connectivity index (χ2v) is 7.76. The van der Waals surface area contributed by atoms with Crippen LogP contribution in [0.3, 0.4) is 0 Å². The molecule has 0 aromatic heterocycles. The first kappa shape index (κ1) is 17.0. The van der Waals surface area contributed by atoms with Gasteiger partial charge in [0.25, 0.3) is 0 Å². The van der Waals surface area contributed by atoms with Crippen LogP contribution in [0.25, 0.3) is 54.6 Å². The van der Waals surface area contributed by atoms with Crippen LogP contribution >= 0.6 is 0 Å². The van der Waals surface area contributed by atoms with Crippen molar-refractivity contribution < 1.29 is 0 Å². The topological polar surface area (TPSA) is 0 Å². The Labute approximate surface area is 176 Å². The Hall–Kier alpha value is -3.90. The highest BCUT2D eigenvalue weighted by molar-refractivity contribution is 6.17. The van der Waals surface area contributed by atoms with Crippen molar-refractivity contribution in [2.24, 2.45) is 0 Å². The average molecular weight is 380 g/mol. The van der Waals surface area contributed by atoms with Gasteiger partial charge in [0.15, 0.2) is 0 Å². The SMILES string of the molecule is c1ccc(-c2ccc3c(ccc4ccccc43)c2-c2cccc3ccccc23)cc1. The van der Waals surface area contributed by atoms with Gasteiger partial charge in [-0.1, -0.05) is 121 Å². The van der Waals surface area contributed by atoms with Crippen LogP contribution in [0.15, 0.2) is 121 Å². The monoisotopic (exact) mass is 380 g/mol. The fourth-order valence-corrected chi connectivity index (χ4v) is 4.68. The maximum absolute atomic E-state index is 2.29. The third-order valence-corrected chi connectivity index (χ3v) is 6.07. The van der Waals surface area contributed by atoms with Crippen LogP contribution in [0.2, 0.25) is 0 Å². The molecule has 0 aliphatic heterocycles. The Bertz CT molecular complexity index is 1520. The van der Waals surface area contributed by atoms with Crippen molar-refractivity contribution in [1.29, 1.82) is 0 Å². The molecule has 0 amide bonds. The molecular weight excluding hydrogens is 360 g/mol. The van der Waals surface area contributed by atoms with E-state index in [0.717, 1.165) is 0 Å². The van der Waals surface area contributed by atoms with Crippen molar-refractivity contribution in [2.75, 3.05) is 0 Å². The molecule has 0 heteroatoms. The normalized spacial score (nSPS) is 11.3. The lowest BCUT2D eigenvalue weighted by Crippen LogP contribution is -1.90. The molecule has 0 N–H and O–H groups in total. The predicted molar refractivity (Wildman–Crippen MR) is 130 cm³/mol. The minimum absolute atomic E-state index is 1.25. The summed E-state index contributed by atoms with van der Waals surface area (Å²) in [5, 5.41) is 7.74. The number of rotatable bonds is 2. The molecule has 0 saturated heterocycles. The zero-order chi connectivity index (χ0) is 19.9. The minimum Gasteiger partial charge on any atom is -0.0622 e. The summed E-state index contributed by atoms with van der Waals surface area (Å²) < 4.78 is 0. The fourth-order valence-electron chi connectivity index (χ4n) is 4.68. The molecule has 0 radical (unpaired) electrons. The second kappa shape index (κ2) is 6.86. The first-order valence-corrected chi connectivity index (χ1v) is 10.4. The molecule has 0 heterocycles. The minimum atomic E-state index is 1.25. The van der Waals surface area contributed by atoms with E-state index in [1.807, 2.05) is 0 Å². The highest BCUT2D eigenvalue weighted by Gasteiger charge is 2.15. The van der Waals surface area contributed by atoms with Crippen molar-refractivity contribution in [3.05, 3.63) is 121 Å². The summed E-state index contributed by atoms with van der Waals surface area (Å²) in [6.07, 6.45) is 0. The third kappa shape index (κ3) is 2.62. The van der Waals surface area contributed by atoms with Crippen LogP contribution in [0.4, 0.5) is 0 Å². The number of fused-ring (bicyclic) bond motifs is 4. The van der Waals surface area contributed by atoms with E-state index in [1.54, 1.807) is 0 Å². The lowest BCUT2D eigenvalue weighted by molar-refractivity contribution is 1.63. The second-order valence-electron chi connectivity index (χ2n) is 7.76. The summed E-state index contributed by atoms with van der Waals surface area (Å²) in [7, 11) is 0. The first-order valence-electron chi connectivity index (χ1n) is 10.4. The van der Waals surface area contributed by atoms with Gasteiger partial charge < -0.3 is 0 Å². The molecule has 6 aromatic rings. The van der Waals surface area contributed by atoms with Crippen LogP contribution in [0, 0.1) is 0 Å². The van der Waals surface area contributed by atoms with Crippen molar-refractivity contribution >= 4 is 32.3 Å². The van der Waals surface area contributed by atoms with Crippen LogP contribution < -0.4 is 0 Å². The number of hydrogen-bond donors (Lipinski definition) is 0. The standard InChI is InChI=1S/C30H20/c1-2-9-22(10-3-1)26-19-20-27-24-14-6-5-12-23(24)17-18-29(27)30(26)28-16-8-13-21-11-4-7-15-25(21)28/h1-20H. The van der Waals surface area contributed by atoms with E-state index in [9.17, 15) is 0 Å². The Morgan fingerprint density at radius 1 is 0.300 bits per heavy atom. The number of benzene rings is 6. The summed E-state index contributed by atoms with van der Waals surface area (Å²) >= 11 is 0. The molecule has 6 rings (SSSR count). The molecule has 30 heavy (non-hydrogen) atoms. The summed E-state index contributed by atoms with van der Waals surface area (Å²) in [5.74, 6) is 0.